The van der Waals surface area contributed by atoms with Crippen molar-refractivity contribution in [3.63, 3.8) is 0 Å². The number of fused-ring (bicyclic) bond motifs is 1. The number of aliphatic hydroxyl groups is 1. The van der Waals surface area contributed by atoms with Crippen molar-refractivity contribution >= 4 is 17.6 Å². The first-order chi connectivity index (χ1) is 12.3. The van der Waals surface area contributed by atoms with Gasteiger partial charge in [-0.3, -0.25) is 4.79 Å². The minimum atomic E-state index is -0.684. The Balaban J connectivity index is 1.71. The van der Waals surface area contributed by atoms with E-state index < -0.39 is 12.1 Å². The molecule has 0 spiro atoms. The Morgan fingerprint density at radius 1 is 1.35 bits per heavy atom. The number of rotatable bonds is 4. The second-order valence-electron chi connectivity index (χ2n) is 6.86. The molecule has 2 N–H and O–H groups in total. The third-order valence-corrected chi connectivity index (χ3v) is 4.92. The molecule has 26 heavy (non-hydrogen) atoms. The largest absolute Gasteiger partial charge is 0.451 e. The average molecular weight is 356 g/mol. The third-order valence-electron chi connectivity index (χ3n) is 4.92. The summed E-state index contributed by atoms with van der Waals surface area (Å²) in [5.74, 6) is -0.835. The highest BCUT2D eigenvalue weighted by molar-refractivity contribution is 5.99. The third kappa shape index (κ3) is 3.12. The number of nitrogens with one attached hydrogen (secondary N) is 1. The Hall–Kier alpha value is -2.60. The summed E-state index contributed by atoms with van der Waals surface area (Å²) in [6.45, 7) is 6.85. The Kier molecular flexibility index (Phi) is 4.87. The average Bonchev–Trinajstić information content (AvgIpc) is 3.07. The molecule has 0 aliphatic carbocycles. The van der Waals surface area contributed by atoms with E-state index in [2.05, 4.69) is 4.98 Å². The van der Waals surface area contributed by atoms with Crippen molar-refractivity contribution < 1.29 is 19.4 Å². The van der Waals surface area contributed by atoms with E-state index >= 15 is 0 Å². The van der Waals surface area contributed by atoms with Gasteiger partial charge in [-0.25, -0.2) is 4.79 Å². The Morgan fingerprint density at radius 2 is 2.04 bits per heavy atom. The molecule has 0 saturated carbocycles. The number of aromatic nitrogens is 1. The number of amides is 1. The molecule has 0 radical (unpaired) electrons. The summed E-state index contributed by atoms with van der Waals surface area (Å²) >= 11 is 0. The second kappa shape index (κ2) is 6.96. The number of carbonyl (C=O) groups excluding carboxylic acids is 2. The van der Waals surface area contributed by atoms with E-state index in [0.29, 0.717) is 11.1 Å². The van der Waals surface area contributed by atoms with E-state index in [1.165, 1.54) is 0 Å². The number of H-pyrrole nitrogens is 1. The molecule has 2 atom stereocenters. The van der Waals surface area contributed by atoms with E-state index in [-0.39, 0.29) is 24.2 Å². The molecule has 3 rings (SSSR count). The summed E-state index contributed by atoms with van der Waals surface area (Å²) in [4.78, 5) is 29.7. The molecule has 6 nitrogen and oxygen atoms in total. The van der Waals surface area contributed by atoms with Crippen LogP contribution in [0, 0.1) is 13.8 Å². The van der Waals surface area contributed by atoms with E-state index in [1.807, 2.05) is 31.2 Å². The van der Waals surface area contributed by atoms with Crippen LogP contribution in [-0.4, -0.2) is 34.6 Å². The van der Waals surface area contributed by atoms with Gasteiger partial charge in [-0.05, 0) is 51.3 Å². The number of aryl methyl sites for hydroxylation is 1. The number of para-hydroxylation sites is 1. The van der Waals surface area contributed by atoms with Crippen LogP contribution in [-0.2, 0) is 16.0 Å². The summed E-state index contributed by atoms with van der Waals surface area (Å²) in [7, 11) is 0. The molecule has 0 bridgehead atoms. The zero-order valence-electron chi connectivity index (χ0n) is 15.5. The fourth-order valence-corrected chi connectivity index (χ4v) is 3.81. The van der Waals surface area contributed by atoms with Crippen molar-refractivity contribution in [2.45, 2.75) is 46.3 Å². The molecule has 0 saturated heterocycles. The van der Waals surface area contributed by atoms with Gasteiger partial charge in [-0.15, -0.1) is 0 Å². The number of aromatic amines is 1. The molecule has 1 amide bonds. The predicted octanol–water partition coefficient (Wildman–Crippen LogP) is 2.82. The fourth-order valence-electron chi connectivity index (χ4n) is 3.81. The number of hydrogen-bond donors (Lipinski definition) is 2. The molecular weight excluding hydrogens is 332 g/mol. The number of ether oxygens (including phenoxy) is 1. The Labute approximate surface area is 152 Å². The number of hydrogen-bond acceptors (Lipinski definition) is 4. The first kappa shape index (κ1) is 18.2. The number of nitrogens with zero attached hydrogens (tertiary/aromatic N) is 1. The maximum absolute atomic E-state index is 12.6. The van der Waals surface area contributed by atoms with Crippen molar-refractivity contribution in [1.82, 2.24) is 4.98 Å². The summed E-state index contributed by atoms with van der Waals surface area (Å²) < 4.78 is 5.25. The molecule has 2 aromatic rings. The summed E-state index contributed by atoms with van der Waals surface area (Å²) in [5.41, 5.74) is 4.33. The summed E-state index contributed by atoms with van der Waals surface area (Å²) in [6.07, 6.45) is 0.110. The molecule has 1 aliphatic heterocycles. The van der Waals surface area contributed by atoms with Crippen LogP contribution in [0.15, 0.2) is 24.3 Å². The number of anilines is 1. The monoisotopic (exact) mass is 356 g/mol. The minimum absolute atomic E-state index is 0.0370. The van der Waals surface area contributed by atoms with E-state index in [0.717, 1.165) is 23.4 Å². The zero-order chi connectivity index (χ0) is 19.0. The zero-order valence-corrected chi connectivity index (χ0v) is 15.5. The number of aliphatic hydroxyl groups excluding tert-OH is 1. The van der Waals surface area contributed by atoms with Crippen LogP contribution in [0.5, 0.6) is 0 Å². The van der Waals surface area contributed by atoms with Crippen molar-refractivity contribution in [2.75, 3.05) is 11.5 Å². The van der Waals surface area contributed by atoms with Gasteiger partial charge >= 0.3 is 5.97 Å². The predicted molar refractivity (Wildman–Crippen MR) is 98.3 cm³/mol. The Morgan fingerprint density at radius 3 is 2.69 bits per heavy atom. The summed E-state index contributed by atoms with van der Waals surface area (Å²) in [5, 5.41) is 9.83. The maximum atomic E-state index is 12.6. The second-order valence-corrected chi connectivity index (χ2v) is 6.86. The highest BCUT2D eigenvalue weighted by Crippen LogP contribution is 2.32. The minimum Gasteiger partial charge on any atom is -0.451 e. The number of esters is 1. The van der Waals surface area contributed by atoms with Gasteiger partial charge in [-0.2, -0.15) is 0 Å². The quantitative estimate of drug-likeness (QED) is 0.825. The molecule has 2 heterocycles. The molecular formula is C20H24N2O4. The topological polar surface area (TPSA) is 82.6 Å². The standard InChI is InChI=1S/C20H24N2O4/c1-11-9-15-7-5-6-8-16(15)22(11)17(24)10-26-20(25)19-12(2)18(14(4)23)13(3)21-19/h5-8,11,14,21,23H,9-10H2,1-4H3/t11-,14+/m0/s1. The normalized spacial score (nSPS) is 17.1. The SMILES string of the molecule is Cc1[nH]c(C(=O)OCC(=O)N2c3ccccc3C[C@@H]2C)c(C)c1[C@@H](C)O. The van der Waals surface area contributed by atoms with Crippen LogP contribution < -0.4 is 4.90 Å². The lowest BCUT2D eigenvalue weighted by molar-refractivity contribution is -0.122. The van der Waals surface area contributed by atoms with Crippen LogP contribution in [0.3, 0.4) is 0 Å². The van der Waals surface area contributed by atoms with Crippen LogP contribution in [0.2, 0.25) is 0 Å². The van der Waals surface area contributed by atoms with Gasteiger partial charge in [0.15, 0.2) is 6.61 Å². The van der Waals surface area contributed by atoms with Gasteiger partial charge in [0.05, 0.1) is 6.10 Å². The van der Waals surface area contributed by atoms with E-state index in [9.17, 15) is 14.7 Å². The highest BCUT2D eigenvalue weighted by Gasteiger charge is 2.31. The maximum Gasteiger partial charge on any atom is 0.355 e. The van der Waals surface area contributed by atoms with Crippen LogP contribution in [0.1, 0.15) is 52.8 Å². The van der Waals surface area contributed by atoms with Gasteiger partial charge < -0.3 is 19.7 Å². The number of benzene rings is 1. The van der Waals surface area contributed by atoms with Crippen molar-refractivity contribution in [1.29, 1.82) is 0 Å². The molecule has 1 aromatic carbocycles. The lowest BCUT2D eigenvalue weighted by atomic mass is 10.1. The molecule has 0 fully saturated rings. The van der Waals surface area contributed by atoms with Crippen LogP contribution >= 0.6 is 0 Å². The number of carbonyl (C=O) groups is 2. The van der Waals surface area contributed by atoms with E-state index in [4.69, 9.17) is 4.74 Å². The fraction of sp³-hybridized carbons (Fsp3) is 0.400. The van der Waals surface area contributed by atoms with Gasteiger partial charge in [0.1, 0.15) is 5.69 Å². The van der Waals surface area contributed by atoms with Crippen molar-refractivity contribution in [3.8, 4) is 0 Å². The smallest absolute Gasteiger partial charge is 0.355 e. The molecule has 1 aliphatic rings. The van der Waals surface area contributed by atoms with Gasteiger partial charge in [-0.1, -0.05) is 18.2 Å². The van der Waals surface area contributed by atoms with Gasteiger partial charge in [0.25, 0.3) is 5.91 Å². The summed E-state index contributed by atoms with van der Waals surface area (Å²) in [6, 6.07) is 7.80. The van der Waals surface area contributed by atoms with Crippen molar-refractivity contribution in [2.24, 2.45) is 0 Å². The van der Waals surface area contributed by atoms with Crippen LogP contribution in [0.4, 0.5) is 5.69 Å². The van der Waals surface area contributed by atoms with Crippen molar-refractivity contribution in [3.05, 3.63) is 52.3 Å². The van der Waals surface area contributed by atoms with Crippen LogP contribution in [0.25, 0.3) is 0 Å². The Bertz CT molecular complexity index is 853. The van der Waals surface area contributed by atoms with Gasteiger partial charge in [0.2, 0.25) is 0 Å². The molecule has 0 unspecified atom stereocenters. The van der Waals surface area contributed by atoms with Gasteiger partial charge in [0, 0.05) is 23.0 Å². The molecule has 1 aromatic heterocycles. The highest BCUT2D eigenvalue weighted by atomic mass is 16.5. The lowest BCUT2D eigenvalue weighted by Crippen LogP contribution is -2.38. The molecule has 6 heteroatoms. The first-order valence-electron chi connectivity index (χ1n) is 8.75. The van der Waals surface area contributed by atoms with E-state index in [1.54, 1.807) is 25.7 Å². The lowest BCUT2D eigenvalue weighted by Gasteiger charge is -2.22. The first-order valence-corrected chi connectivity index (χ1v) is 8.75. The molecule has 138 valence electrons.